The van der Waals surface area contributed by atoms with E-state index in [0.29, 0.717) is 27.3 Å². The van der Waals surface area contributed by atoms with E-state index in [4.69, 9.17) is 33.3 Å². The number of carbonyl (C=O) groups is 1. The molecule has 0 unspecified atom stereocenters. The maximum atomic E-state index is 11.2. The zero-order valence-corrected chi connectivity index (χ0v) is 16.5. The fourth-order valence-electron chi connectivity index (χ4n) is 2.31. The van der Waals surface area contributed by atoms with E-state index in [9.17, 15) is 4.79 Å². The molecule has 0 fully saturated rings. The van der Waals surface area contributed by atoms with Gasteiger partial charge in [-0.15, -0.1) is 0 Å². The van der Waals surface area contributed by atoms with E-state index >= 15 is 0 Å². The van der Waals surface area contributed by atoms with Gasteiger partial charge in [0.05, 0.1) is 24.9 Å². The number of aryl methyl sites for hydroxylation is 1. The zero-order valence-electron chi connectivity index (χ0n) is 14.9. The third kappa shape index (κ3) is 5.00. The van der Waals surface area contributed by atoms with Gasteiger partial charge < -0.3 is 25.4 Å². The van der Waals surface area contributed by atoms with Gasteiger partial charge in [-0.2, -0.15) is 0 Å². The predicted molar refractivity (Wildman–Crippen MR) is 110 cm³/mol. The second-order valence-electron chi connectivity index (χ2n) is 5.48. The van der Waals surface area contributed by atoms with Gasteiger partial charge in [-0.05, 0) is 49.0 Å². The van der Waals surface area contributed by atoms with Crippen LogP contribution in [0.5, 0.6) is 11.5 Å². The largest absolute Gasteiger partial charge is 0.495 e. The van der Waals surface area contributed by atoms with Crippen LogP contribution in [0, 0.1) is 6.92 Å². The average molecular weight is 394 g/mol. The lowest BCUT2D eigenvalue weighted by atomic mass is 10.1. The molecule has 2 aromatic carbocycles. The minimum Gasteiger partial charge on any atom is -0.495 e. The lowest BCUT2D eigenvalue weighted by Gasteiger charge is -2.16. The minimum absolute atomic E-state index is 0.116. The Morgan fingerprint density at radius 2 is 1.69 bits per heavy atom. The number of benzene rings is 2. The van der Waals surface area contributed by atoms with E-state index in [1.54, 1.807) is 19.2 Å². The van der Waals surface area contributed by atoms with Crippen LogP contribution >= 0.6 is 23.8 Å². The maximum absolute atomic E-state index is 11.2. The van der Waals surface area contributed by atoms with Gasteiger partial charge in [0.2, 0.25) is 5.91 Å². The third-order valence-corrected chi connectivity index (χ3v) is 4.02. The second-order valence-corrected chi connectivity index (χ2v) is 6.29. The van der Waals surface area contributed by atoms with Gasteiger partial charge in [-0.25, -0.2) is 0 Å². The van der Waals surface area contributed by atoms with Crippen molar-refractivity contribution in [1.82, 2.24) is 0 Å². The molecule has 0 heterocycles. The molecule has 138 valence electrons. The summed E-state index contributed by atoms with van der Waals surface area (Å²) in [6, 6.07) is 8.88. The van der Waals surface area contributed by atoms with Crippen molar-refractivity contribution in [1.29, 1.82) is 0 Å². The van der Waals surface area contributed by atoms with Crippen LogP contribution in [0.2, 0.25) is 5.02 Å². The molecule has 0 saturated carbocycles. The van der Waals surface area contributed by atoms with Crippen molar-refractivity contribution < 1.29 is 14.3 Å². The minimum atomic E-state index is -0.116. The van der Waals surface area contributed by atoms with E-state index in [1.165, 1.54) is 14.0 Å². The van der Waals surface area contributed by atoms with Crippen molar-refractivity contribution in [3.63, 3.8) is 0 Å². The number of anilines is 3. The number of thiocarbonyl (C=S) groups is 1. The molecule has 8 heteroatoms. The van der Waals surface area contributed by atoms with Crippen molar-refractivity contribution in [2.75, 3.05) is 30.2 Å². The number of methoxy groups -OCH3 is 2. The van der Waals surface area contributed by atoms with Gasteiger partial charge in [-0.3, -0.25) is 4.79 Å². The molecule has 0 saturated heterocycles. The first-order chi connectivity index (χ1) is 12.3. The van der Waals surface area contributed by atoms with Crippen LogP contribution in [0.4, 0.5) is 17.1 Å². The molecule has 0 aliphatic heterocycles. The normalized spacial score (nSPS) is 10.0. The van der Waals surface area contributed by atoms with Gasteiger partial charge in [0.15, 0.2) is 5.11 Å². The number of halogens is 1. The average Bonchev–Trinajstić information content (AvgIpc) is 2.57. The van der Waals surface area contributed by atoms with Crippen molar-refractivity contribution in [3.05, 3.63) is 40.9 Å². The summed E-state index contributed by atoms with van der Waals surface area (Å²) in [5.74, 6) is 0.944. The highest BCUT2D eigenvalue weighted by atomic mass is 35.5. The summed E-state index contributed by atoms with van der Waals surface area (Å²) in [5, 5.41) is 9.72. The predicted octanol–water partition coefficient (Wildman–Crippen LogP) is 4.43. The Hall–Kier alpha value is -2.51. The quantitative estimate of drug-likeness (QED) is 0.652. The molecular formula is C18H20ClN3O3S. The number of hydrogen-bond acceptors (Lipinski definition) is 4. The highest BCUT2D eigenvalue weighted by Gasteiger charge is 2.11. The molecular weight excluding hydrogens is 374 g/mol. The van der Waals surface area contributed by atoms with Crippen LogP contribution < -0.4 is 25.4 Å². The molecule has 6 nitrogen and oxygen atoms in total. The van der Waals surface area contributed by atoms with E-state index in [1.807, 2.05) is 25.1 Å². The van der Waals surface area contributed by atoms with Crippen LogP contribution in [-0.4, -0.2) is 25.2 Å². The molecule has 0 bridgehead atoms. The highest BCUT2D eigenvalue weighted by molar-refractivity contribution is 7.80. The summed E-state index contributed by atoms with van der Waals surface area (Å²) < 4.78 is 10.5. The van der Waals surface area contributed by atoms with Crippen LogP contribution in [0.1, 0.15) is 12.5 Å². The molecule has 2 rings (SSSR count). The Morgan fingerprint density at radius 3 is 2.27 bits per heavy atom. The van der Waals surface area contributed by atoms with Gasteiger partial charge in [-0.1, -0.05) is 11.6 Å². The summed E-state index contributed by atoms with van der Waals surface area (Å²) in [7, 11) is 3.08. The van der Waals surface area contributed by atoms with Gasteiger partial charge in [0.1, 0.15) is 11.5 Å². The molecule has 0 radical (unpaired) electrons. The Balaban J connectivity index is 2.13. The number of amides is 1. The second kappa shape index (κ2) is 8.73. The fourth-order valence-corrected chi connectivity index (χ4v) is 2.78. The summed E-state index contributed by atoms with van der Waals surface area (Å²) in [5.41, 5.74) is 3.07. The van der Waals surface area contributed by atoms with Gasteiger partial charge >= 0.3 is 0 Å². The SMILES string of the molecule is COc1cc(OC)c(NC(=S)Nc2ccc(NC(C)=O)c(C)c2)cc1Cl. The smallest absolute Gasteiger partial charge is 0.221 e. The monoisotopic (exact) mass is 393 g/mol. The Bertz CT molecular complexity index is 843. The lowest BCUT2D eigenvalue weighted by molar-refractivity contribution is -0.114. The lowest BCUT2D eigenvalue weighted by Crippen LogP contribution is -2.19. The van der Waals surface area contributed by atoms with Crippen LogP contribution in [0.3, 0.4) is 0 Å². The molecule has 0 aromatic heterocycles. The fraction of sp³-hybridized carbons (Fsp3) is 0.222. The number of nitrogens with one attached hydrogen (secondary N) is 3. The van der Waals surface area contributed by atoms with Crippen LogP contribution in [0.15, 0.2) is 30.3 Å². The molecule has 1 amide bonds. The summed E-state index contributed by atoms with van der Waals surface area (Å²) in [4.78, 5) is 11.2. The van der Waals surface area contributed by atoms with E-state index < -0.39 is 0 Å². The van der Waals surface area contributed by atoms with Crippen molar-refractivity contribution >= 4 is 51.9 Å². The first-order valence-corrected chi connectivity index (χ1v) is 8.50. The first-order valence-electron chi connectivity index (χ1n) is 7.71. The molecule has 0 atom stereocenters. The third-order valence-electron chi connectivity index (χ3n) is 3.52. The topological polar surface area (TPSA) is 71.6 Å². The molecule has 2 aromatic rings. The Labute approximate surface area is 162 Å². The van der Waals surface area contributed by atoms with E-state index in [2.05, 4.69) is 16.0 Å². The van der Waals surface area contributed by atoms with Crippen LogP contribution in [0.25, 0.3) is 0 Å². The molecule has 0 spiro atoms. The number of rotatable bonds is 5. The van der Waals surface area contributed by atoms with E-state index in [0.717, 1.165) is 16.9 Å². The Morgan fingerprint density at radius 1 is 1.00 bits per heavy atom. The van der Waals surface area contributed by atoms with Crippen molar-refractivity contribution in [2.45, 2.75) is 13.8 Å². The zero-order chi connectivity index (χ0) is 19.3. The van der Waals surface area contributed by atoms with Gasteiger partial charge in [0.25, 0.3) is 0 Å². The number of hydrogen-bond donors (Lipinski definition) is 3. The molecule has 3 N–H and O–H groups in total. The van der Waals surface area contributed by atoms with Gasteiger partial charge in [0, 0.05) is 24.4 Å². The summed E-state index contributed by atoms with van der Waals surface area (Å²) >= 11 is 11.5. The summed E-state index contributed by atoms with van der Waals surface area (Å²) in [6.07, 6.45) is 0. The number of carbonyl (C=O) groups excluding carboxylic acids is 1. The van der Waals surface area contributed by atoms with Crippen molar-refractivity contribution in [2.24, 2.45) is 0 Å². The number of ether oxygens (including phenoxy) is 2. The molecule has 26 heavy (non-hydrogen) atoms. The maximum Gasteiger partial charge on any atom is 0.221 e. The standard InChI is InChI=1S/C18H20ClN3O3S/c1-10-7-12(5-6-14(10)20-11(2)23)21-18(26)22-15-8-13(19)16(24-3)9-17(15)25-4/h5-9H,1-4H3,(H,20,23)(H2,21,22,26). The molecule has 0 aliphatic rings. The highest BCUT2D eigenvalue weighted by Crippen LogP contribution is 2.36. The van der Waals surface area contributed by atoms with Crippen molar-refractivity contribution in [3.8, 4) is 11.5 Å². The first kappa shape index (κ1) is 19.8. The van der Waals surface area contributed by atoms with Crippen LogP contribution in [-0.2, 0) is 4.79 Å². The van der Waals surface area contributed by atoms with E-state index in [-0.39, 0.29) is 5.91 Å². The Kier molecular flexibility index (Phi) is 6.65. The summed E-state index contributed by atoms with van der Waals surface area (Å²) in [6.45, 7) is 3.37. The molecule has 0 aliphatic carbocycles.